The first kappa shape index (κ1) is 17.8. The summed E-state index contributed by atoms with van der Waals surface area (Å²) in [5.74, 6) is 0.897. The van der Waals surface area contributed by atoms with E-state index in [1.807, 2.05) is 12.3 Å². The van der Waals surface area contributed by atoms with Crippen molar-refractivity contribution in [2.75, 3.05) is 26.7 Å². The number of fused-ring (bicyclic) bond motifs is 1. The van der Waals surface area contributed by atoms with Crippen LogP contribution < -0.4 is 5.73 Å². The zero-order valence-electron chi connectivity index (χ0n) is 15.1. The van der Waals surface area contributed by atoms with Crippen LogP contribution in [-0.2, 0) is 16.1 Å². The van der Waals surface area contributed by atoms with E-state index in [1.165, 1.54) is 18.1 Å². The van der Waals surface area contributed by atoms with Gasteiger partial charge in [-0.05, 0) is 35.4 Å². The van der Waals surface area contributed by atoms with E-state index in [0.29, 0.717) is 24.8 Å². The average Bonchev–Trinajstić information content (AvgIpc) is 2.64. The number of likely N-dealkylation sites (tertiary alicyclic amines) is 1. The molecule has 0 aliphatic carbocycles. The molecule has 2 unspecified atom stereocenters. The highest BCUT2D eigenvalue weighted by atomic mass is 16.5. The van der Waals surface area contributed by atoms with Crippen molar-refractivity contribution in [2.45, 2.75) is 32.2 Å². The molecule has 0 radical (unpaired) electrons. The molecule has 1 aromatic heterocycles. The van der Waals surface area contributed by atoms with E-state index in [1.54, 1.807) is 0 Å². The first-order chi connectivity index (χ1) is 12.1. The van der Waals surface area contributed by atoms with Crippen molar-refractivity contribution in [3.05, 3.63) is 41.6 Å². The van der Waals surface area contributed by atoms with Gasteiger partial charge >= 0.3 is 5.97 Å². The molecule has 25 heavy (non-hydrogen) atoms. The molecule has 134 valence electrons. The number of pyridine rings is 1. The van der Waals surface area contributed by atoms with Crippen molar-refractivity contribution in [2.24, 2.45) is 11.7 Å². The predicted octanol–water partition coefficient (Wildman–Crippen LogP) is 2.68. The minimum atomic E-state index is -0.142. The van der Waals surface area contributed by atoms with Gasteiger partial charge in [0.05, 0.1) is 19.0 Å². The number of nitrogens with two attached hydrogens (primary N) is 1. The Morgan fingerprint density at radius 2 is 2.20 bits per heavy atom. The van der Waals surface area contributed by atoms with Crippen molar-refractivity contribution in [1.29, 1.82) is 0 Å². The molecule has 1 aliphatic heterocycles. The van der Waals surface area contributed by atoms with Gasteiger partial charge in [-0.1, -0.05) is 25.1 Å². The maximum absolute atomic E-state index is 11.5. The molecular formula is C20H27N3O2. The highest BCUT2D eigenvalue weighted by Gasteiger charge is 2.27. The smallest absolute Gasteiger partial charge is 0.306 e. The van der Waals surface area contributed by atoms with Gasteiger partial charge in [-0.15, -0.1) is 0 Å². The summed E-state index contributed by atoms with van der Waals surface area (Å²) >= 11 is 0. The van der Waals surface area contributed by atoms with Crippen LogP contribution in [0.4, 0.5) is 0 Å². The molecule has 0 bridgehead atoms. The molecule has 1 saturated heterocycles. The number of rotatable bonds is 5. The molecule has 2 aromatic rings. The second-order valence-corrected chi connectivity index (χ2v) is 7.04. The number of esters is 1. The molecule has 0 spiro atoms. The Morgan fingerprint density at radius 3 is 2.96 bits per heavy atom. The van der Waals surface area contributed by atoms with E-state index in [-0.39, 0.29) is 5.97 Å². The van der Waals surface area contributed by atoms with Crippen LogP contribution in [0.1, 0.15) is 36.8 Å². The number of hydrogen-bond acceptors (Lipinski definition) is 5. The van der Waals surface area contributed by atoms with Gasteiger partial charge in [0.2, 0.25) is 0 Å². The molecular weight excluding hydrogens is 314 g/mol. The van der Waals surface area contributed by atoms with Gasteiger partial charge in [-0.2, -0.15) is 0 Å². The van der Waals surface area contributed by atoms with Crippen LogP contribution in [0.3, 0.4) is 0 Å². The normalized spacial score (nSPS) is 21.4. The number of benzene rings is 1. The summed E-state index contributed by atoms with van der Waals surface area (Å²) in [5, 5.41) is 1.21. The van der Waals surface area contributed by atoms with Gasteiger partial charge in [0.25, 0.3) is 0 Å². The Labute approximate surface area is 149 Å². The Morgan fingerprint density at radius 1 is 1.36 bits per heavy atom. The number of ether oxygens (including phenoxy) is 1. The molecule has 2 N–H and O–H groups in total. The maximum atomic E-state index is 11.5. The Bertz CT molecular complexity index is 747. The van der Waals surface area contributed by atoms with Gasteiger partial charge < -0.3 is 15.4 Å². The standard InChI is InChI=1S/C20H27N3O2/c1-14-10-16(13-23(12-14)9-7-19(24)25-2)17-6-5-15(11-21)20-18(17)4-3-8-22-20/h3-6,8,14,16H,7,9-13,21H2,1-2H3. The van der Waals surface area contributed by atoms with Crippen LogP contribution in [0, 0.1) is 5.92 Å². The maximum Gasteiger partial charge on any atom is 0.306 e. The van der Waals surface area contributed by atoms with E-state index < -0.39 is 0 Å². The van der Waals surface area contributed by atoms with Gasteiger partial charge in [0.1, 0.15) is 0 Å². The lowest BCUT2D eigenvalue weighted by atomic mass is 9.83. The average molecular weight is 341 g/mol. The highest BCUT2D eigenvalue weighted by Crippen LogP contribution is 2.34. The van der Waals surface area contributed by atoms with Crippen molar-refractivity contribution in [1.82, 2.24) is 9.88 Å². The number of carbonyl (C=O) groups excluding carboxylic acids is 1. The monoisotopic (exact) mass is 341 g/mol. The molecule has 0 amide bonds. The van der Waals surface area contributed by atoms with E-state index >= 15 is 0 Å². The van der Waals surface area contributed by atoms with Crippen molar-refractivity contribution in [3.8, 4) is 0 Å². The van der Waals surface area contributed by atoms with Crippen LogP contribution in [-0.4, -0.2) is 42.6 Å². The number of hydrogen-bond donors (Lipinski definition) is 1. The summed E-state index contributed by atoms with van der Waals surface area (Å²) in [7, 11) is 1.45. The molecule has 3 rings (SSSR count). The third kappa shape index (κ3) is 3.99. The topological polar surface area (TPSA) is 68.5 Å². The summed E-state index contributed by atoms with van der Waals surface area (Å²) in [5.41, 5.74) is 9.32. The van der Waals surface area contributed by atoms with E-state index in [2.05, 4.69) is 35.0 Å². The van der Waals surface area contributed by atoms with Gasteiger partial charge in [0.15, 0.2) is 0 Å². The molecule has 2 heterocycles. The number of carbonyl (C=O) groups is 1. The first-order valence-electron chi connectivity index (χ1n) is 8.98. The zero-order valence-corrected chi connectivity index (χ0v) is 15.1. The largest absolute Gasteiger partial charge is 0.469 e. The SMILES string of the molecule is COC(=O)CCN1CC(C)CC(c2ccc(CN)c3ncccc23)C1. The highest BCUT2D eigenvalue weighted by molar-refractivity contribution is 5.85. The lowest BCUT2D eigenvalue weighted by molar-refractivity contribution is -0.141. The molecule has 0 saturated carbocycles. The minimum absolute atomic E-state index is 0.142. The minimum Gasteiger partial charge on any atom is -0.469 e. The number of nitrogens with zero attached hydrogens (tertiary/aromatic N) is 2. The summed E-state index contributed by atoms with van der Waals surface area (Å²) in [6.45, 7) is 5.54. The second-order valence-electron chi connectivity index (χ2n) is 7.04. The van der Waals surface area contributed by atoms with Crippen LogP contribution in [0.2, 0.25) is 0 Å². The van der Waals surface area contributed by atoms with Gasteiger partial charge in [0, 0.05) is 37.8 Å². The Hall–Kier alpha value is -1.98. The summed E-state index contributed by atoms with van der Waals surface area (Å²) in [6, 6.07) is 8.47. The van der Waals surface area contributed by atoms with E-state index in [0.717, 1.165) is 37.1 Å². The fourth-order valence-corrected chi connectivity index (χ4v) is 4.00. The van der Waals surface area contributed by atoms with Crippen LogP contribution in [0.15, 0.2) is 30.5 Å². The predicted molar refractivity (Wildman–Crippen MR) is 99.2 cm³/mol. The lowest BCUT2D eigenvalue weighted by Gasteiger charge is -2.37. The molecule has 5 nitrogen and oxygen atoms in total. The Kier molecular flexibility index (Phi) is 5.66. The fraction of sp³-hybridized carbons (Fsp3) is 0.500. The van der Waals surface area contributed by atoms with Crippen molar-refractivity contribution < 1.29 is 9.53 Å². The second kappa shape index (κ2) is 7.93. The van der Waals surface area contributed by atoms with Crippen LogP contribution >= 0.6 is 0 Å². The quantitative estimate of drug-likeness (QED) is 0.847. The molecule has 1 fully saturated rings. The Balaban J connectivity index is 1.85. The summed E-state index contributed by atoms with van der Waals surface area (Å²) in [6.07, 6.45) is 3.43. The van der Waals surface area contributed by atoms with Gasteiger partial charge in [-0.3, -0.25) is 9.78 Å². The molecule has 5 heteroatoms. The third-order valence-electron chi connectivity index (χ3n) is 5.14. The van der Waals surface area contributed by atoms with Crippen molar-refractivity contribution >= 4 is 16.9 Å². The molecule has 1 aliphatic rings. The van der Waals surface area contributed by atoms with Gasteiger partial charge in [-0.25, -0.2) is 0 Å². The number of aromatic nitrogens is 1. The lowest BCUT2D eigenvalue weighted by Crippen LogP contribution is -2.39. The zero-order chi connectivity index (χ0) is 17.8. The molecule has 2 atom stereocenters. The van der Waals surface area contributed by atoms with Crippen LogP contribution in [0.25, 0.3) is 10.9 Å². The number of piperidine rings is 1. The number of methoxy groups -OCH3 is 1. The fourth-order valence-electron chi connectivity index (χ4n) is 4.00. The van der Waals surface area contributed by atoms with E-state index in [4.69, 9.17) is 10.5 Å². The third-order valence-corrected chi connectivity index (χ3v) is 5.14. The first-order valence-corrected chi connectivity index (χ1v) is 8.98. The van der Waals surface area contributed by atoms with Crippen LogP contribution in [0.5, 0.6) is 0 Å². The van der Waals surface area contributed by atoms with Crippen molar-refractivity contribution in [3.63, 3.8) is 0 Å². The van der Waals surface area contributed by atoms with E-state index in [9.17, 15) is 4.79 Å². The summed E-state index contributed by atoms with van der Waals surface area (Å²) in [4.78, 5) is 18.4. The molecule has 1 aromatic carbocycles. The summed E-state index contributed by atoms with van der Waals surface area (Å²) < 4.78 is 4.78.